The summed E-state index contributed by atoms with van der Waals surface area (Å²) in [5, 5.41) is 4.31. The Kier molecular flexibility index (Phi) is 5.69. The van der Waals surface area contributed by atoms with Crippen molar-refractivity contribution < 1.29 is 4.79 Å². The normalized spacial score (nSPS) is 17.0. The van der Waals surface area contributed by atoms with Crippen LogP contribution in [-0.2, 0) is 10.5 Å². The van der Waals surface area contributed by atoms with Gasteiger partial charge in [0.05, 0.1) is 12.4 Å². The fourth-order valence-electron chi connectivity index (χ4n) is 2.76. The molecule has 5 nitrogen and oxygen atoms in total. The third-order valence-corrected chi connectivity index (χ3v) is 5.01. The average Bonchev–Trinajstić information content (AvgIpc) is 3.09. The van der Waals surface area contributed by atoms with Gasteiger partial charge in [0, 0.05) is 31.3 Å². The number of benzene rings is 1. The summed E-state index contributed by atoms with van der Waals surface area (Å²) >= 11 is 1.68. The van der Waals surface area contributed by atoms with Crippen LogP contribution in [0, 0.1) is 0 Å². The van der Waals surface area contributed by atoms with Gasteiger partial charge in [-0.25, -0.2) is 4.98 Å². The summed E-state index contributed by atoms with van der Waals surface area (Å²) in [5.41, 5.74) is 1.27. The molecule has 0 saturated carbocycles. The molecular formula is C18H22N4OS. The summed E-state index contributed by atoms with van der Waals surface area (Å²) in [4.78, 5) is 22.6. The van der Waals surface area contributed by atoms with Gasteiger partial charge in [-0.2, -0.15) is 0 Å². The maximum atomic E-state index is 11.8. The van der Waals surface area contributed by atoms with Crippen LogP contribution < -0.4 is 5.32 Å². The molecule has 1 unspecified atom stereocenters. The zero-order valence-corrected chi connectivity index (χ0v) is 14.6. The van der Waals surface area contributed by atoms with E-state index in [2.05, 4.69) is 27.4 Å². The smallest absolute Gasteiger partial charge is 0.222 e. The average molecular weight is 342 g/mol. The van der Waals surface area contributed by atoms with Crippen molar-refractivity contribution in [3.05, 3.63) is 48.3 Å². The van der Waals surface area contributed by atoms with E-state index in [0.29, 0.717) is 6.42 Å². The van der Waals surface area contributed by atoms with E-state index in [4.69, 9.17) is 0 Å². The number of hydrogen-bond acceptors (Lipinski definition) is 5. The first-order valence-electron chi connectivity index (χ1n) is 8.27. The zero-order valence-electron chi connectivity index (χ0n) is 13.8. The van der Waals surface area contributed by atoms with E-state index in [0.717, 1.165) is 36.1 Å². The number of carbonyl (C=O) groups is 1. The number of anilines is 1. The molecule has 0 radical (unpaired) electrons. The largest absolute Gasteiger partial charge is 0.364 e. The Morgan fingerprint density at radius 2 is 2.17 bits per heavy atom. The fraction of sp³-hybridized carbons (Fsp3) is 0.389. The van der Waals surface area contributed by atoms with Crippen LogP contribution in [0.5, 0.6) is 0 Å². The van der Waals surface area contributed by atoms with Gasteiger partial charge in [-0.1, -0.05) is 37.3 Å². The molecule has 126 valence electrons. The summed E-state index contributed by atoms with van der Waals surface area (Å²) < 4.78 is 0. The minimum Gasteiger partial charge on any atom is -0.364 e. The van der Waals surface area contributed by atoms with Gasteiger partial charge in [0.15, 0.2) is 0 Å². The molecule has 1 N–H and O–H groups in total. The number of carbonyl (C=O) groups excluding carboxylic acids is 1. The molecule has 1 aromatic heterocycles. The number of thioether (sulfide) groups is 1. The predicted octanol–water partition coefficient (Wildman–Crippen LogP) is 3.19. The van der Waals surface area contributed by atoms with Crippen LogP contribution in [0.4, 0.5) is 5.82 Å². The minimum atomic E-state index is 0.220. The van der Waals surface area contributed by atoms with Crippen LogP contribution in [0.25, 0.3) is 0 Å². The molecule has 2 heterocycles. The molecule has 0 bridgehead atoms. The molecule has 24 heavy (non-hydrogen) atoms. The monoisotopic (exact) mass is 342 g/mol. The second kappa shape index (κ2) is 8.15. The number of aromatic nitrogens is 2. The molecule has 1 aliphatic rings. The van der Waals surface area contributed by atoms with E-state index in [1.54, 1.807) is 24.2 Å². The first-order valence-corrected chi connectivity index (χ1v) is 9.26. The molecule has 1 amide bonds. The van der Waals surface area contributed by atoms with Gasteiger partial charge < -0.3 is 10.2 Å². The number of rotatable bonds is 6. The minimum absolute atomic E-state index is 0.220. The Hall–Kier alpha value is -2.08. The quantitative estimate of drug-likeness (QED) is 0.817. The van der Waals surface area contributed by atoms with E-state index in [-0.39, 0.29) is 11.9 Å². The van der Waals surface area contributed by atoms with Crippen LogP contribution >= 0.6 is 11.8 Å². The van der Waals surface area contributed by atoms with Gasteiger partial charge in [-0.15, -0.1) is 11.8 Å². The second-order valence-corrected chi connectivity index (χ2v) is 6.84. The van der Waals surface area contributed by atoms with Gasteiger partial charge in [-0.3, -0.25) is 9.78 Å². The number of nitrogens with one attached hydrogen (secondary N) is 1. The highest BCUT2D eigenvalue weighted by atomic mass is 32.2. The number of amides is 1. The molecule has 3 rings (SSSR count). The first-order chi connectivity index (χ1) is 11.7. The number of likely N-dealkylation sites (tertiary alicyclic amines) is 1. The summed E-state index contributed by atoms with van der Waals surface area (Å²) in [6.45, 7) is 3.47. The van der Waals surface area contributed by atoms with Gasteiger partial charge in [-0.05, 0) is 12.0 Å². The van der Waals surface area contributed by atoms with Crippen LogP contribution in [-0.4, -0.2) is 39.9 Å². The van der Waals surface area contributed by atoms with Crippen molar-refractivity contribution in [1.82, 2.24) is 14.9 Å². The van der Waals surface area contributed by atoms with Gasteiger partial charge >= 0.3 is 0 Å². The van der Waals surface area contributed by atoms with E-state index in [1.807, 2.05) is 30.0 Å². The topological polar surface area (TPSA) is 58.1 Å². The molecule has 1 aromatic carbocycles. The van der Waals surface area contributed by atoms with Gasteiger partial charge in [0.25, 0.3) is 0 Å². The van der Waals surface area contributed by atoms with Crippen molar-refractivity contribution in [2.45, 2.75) is 36.6 Å². The molecule has 6 heteroatoms. The van der Waals surface area contributed by atoms with Gasteiger partial charge in [0.2, 0.25) is 5.91 Å². The molecule has 0 aliphatic carbocycles. The molecule has 1 aliphatic heterocycles. The standard InChI is InChI=1S/C18H22N4OS/c1-2-18(23)22-9-8-15(12-22)20-16-10-19-11-17(21-16)24-13-14-6-4-3-5-7-14/h3-7,10-11,15H,2,8-9,12-13H2,1H3,(H,20,21). The Balaban J connectivity index is 1.55. The zero-order chi connectivity index (χ0) is 16.8. The van der Waals surface area contributed by atoms with Crippen molar-refractivity contribution in [2.24, 2.45) is 0 Å². The molecule has 2 aromatic rings. The van der Waals surface area contributed by atoms with Crippen molar-refractivity contribution in [2.75, 3.05) is 18.4 Å². The third-order valence-electron chi connectivity index (χ3n) is 4.04. The lowest BCUT2D eigenvalue weighted by Crippen LogP contribution is -2.31. The SMILES string of the molecule is CCC(=O)N1CCC(Nc2cncc(SCc3ccccc3)n2)C1. The molecule has 1 atom stereocenters. The summed E-state index contributed by atoms with van der Waals surface area (Å²) in [6, 6.07) is 10.6. The predicted molar refractivity (Wildman–Crippen MR) is 96.9 cm³/mol. The first kappa shape index (κ1) is 16.8. The Morgan fingerprint density at radius 3 is 2.96 bits per heavy atom. The van der Waals surface area contributed by atoms with Crippen LogP contribution in [0.1, 0.15) is 25.3 Å². The van der Waals surface area contributed by atoms with Crippen LogP contribution in [0.2, 0.25) is 0 Å². The lowest BCUT2D eigenvalue weighted by Gasteiger charge is -2.16. The summed E-state index contributed by atoms with van der Waals surface area (Å²) in [6.07, 6.45) is 5.06. The molecule has 0 spiro atoms. The highest BCUT2D eigenvalue weighted by Crippen LogP contribution is 2.22. The number of nitrogens with zero attached hydrogens (tertiary/aromatic N) is 3. The van der Waals surface area contributed by atoms with Crippen molar-refractivity contribution in [1.29, 1.82) is 0 Å². The molecular weight excluding hydrogens is 320 g/mol. The van der Waals surface area contributed by atoms with Crippen molar-refractivity contribution in [3.8, 4) is 0 Å². The fourth-order valence-corrected chi connectivity index (χ4v) is 3.56. The van der Waals surface area contributed by atoms with E-state index in [9.17, 15) is 4.79 Å². The maximum absolute atomic E-state index is 11.8. The van der Waals surface area contributed by atoms with E-state index < -0.39 is 0 Å². The Bertz CT molecular complexity index is 680. The van der Waals surface area contributed by atoms with Crippen LogP contribution in [0.15, 0.2) is 47.8 Å². The molecule has 1 saturated heterocycles. The second-order valence-electron chi connectivity index (χ2n) is 5.84. The van der Waals surface area contributed by atoms with E-state index >= 15 is 0 Å². The summed E-state index contributed by atoms with van der Waals surface area (Å²) in [7, 11) is 0. The van der Waals surface area contributed by atoms with Crippen molar-refractivity contribution in [3.63, 3.8) is 0 Å². The van der Waals surface area contributed by atoms with Gasteiger partial charge in [0.1, 0.15) is 10.8 Å². The van der Waals surface area contributed by atoms with Crippen LogP contribution in [0.3, 0.4) is 0 Å². The Labute approximate surface area is 146 Å². The lowest BCUT2D eigenvalue weighted by molar-refractivity contribution is -0.129. The Morgan fingerprint density at radius 1 is 1.33 bits per heavy atom. The van der Waals surface area contributed by atoms with E-state index in [1.165, 1.54) is 5.56 Å². The van der Waals surface area contributed by atoms with Crippen molar-refractivity contribution >= 4 is 23.5 Å². The maximum Gasteiger partial charge on any atom is 0.222 e. The number of hydrogen-bond donors (Lipinski definition) is 1. The third kappa shape index (κ3) is 4.47. The lowest BCUT2D eigenvalue weighted by atomic mass is 10.2. The highest BCUT2D eigenvalue weighted by Gasteiger charge is 2.25. The summed E-state index contributed by atoms with van der Waals surface area (Å²) in [5.74, 6) is 1.88. The molecule has 1 fully saturated rings. The highest BCUT2D eigenvalue weighted by molar-refractivity contribution is 7.98.